The summed E-state index contributed by atoms with van der Waals surface area (Å²) in [5.41, 5.74) is 3.56. The van der Waals surface area contributed by atoms with E-state index in [4.69, 9.17) is 0 Å². The highest BCUT2D eigenvalue weighted by molar-refractivity contribution is 7.84. The summed E-state index contributed by atoms with van der Waals surface area (Å²) in [6, 6.07) is 4.12. The van der Waals surface area contributed by atoms with Crippen molar-refractivity contribution >= 4 is 10.8 Å². The summed E-state index contributed by atoms with van der Waals surface area (Å²) in [7, 11) is -0.861. The predicted molar refractivity (Wildman–Crippen MR) is 53.0 cm³/mol. The molecule has 0 N–H and O–H groups in total. The normalized spacial score (nSPS) is 13.0. The average molecular weight is 182 g/mol. The van der Waals surface area contributed by atoms with E-state index in [9.17, 15) is 4.21 Å². The zero-order valence-corrected chi connectivity index (χ0v) is 8.79. The molecule has 0 aliphatic carbocycles. The van der Waals surface area contributed by atoms with E-state index in [-0.39, 0.29) is 0 Å². The van der Waals surface area contributed by atoms with Crippen LogP contribution in [0.1, 0.15) is 16.7 Å². The SMILES string of the molecule is Cc1cc(C)c(C)c(S(C)=O)c1. The number of hydrogen-bond acceptors (Lipinski definition) is 1. The van der Waals surface area contributed by atoms with Gasteiger partial charge in [0.2, 0.25) is 0 Å². The molecular weight excluding hydrogens is 168 g/mol. The van der Waals surface area contributed by atoms with Crippen molar-refractivity contribution in [3.8, 4) is 0 Å². The van der Waals surface area contributed by atoms with Gasteiger partial charge in [-0.25, -0.2) is 0 Å². The molecule has 0 radical (unpaired) electrons. The highest BCUT2D eigenvalue weighted by Crippen LogP contribution is 2.18. The minimum absolute atomic E-state index is 0.861. The molecule has 0 saturated carbocycles. The van der Waals surface area contributed by atoms with Crippen molar-refractivity contribution in [3.05, 3.63) is 28.8 Å². The van der Waals surface area contributed by atoms with Gasteiger partial charge in [0.1, 0.15) is 0 Å². The van der Waals surface area contributed by atoms with E-state index in [0.717, 1.165) is 10.5 Å². The topological polar surface area (TPSA) is 17.1 Å². The smallest absolute Gasteiger partial charge is 0.0501 e. The fraction of sp³-hybridized carbons (Fsp3) is 0.400. The van der Waals surface area contributed by atoms with Gasteiger partial charge in [-0.3, -0.25) is 4.21 Å². The van der Waals surface area contributed by atoms with Gasteiger partial charge in [0.05, 0.1) is 10.8 Å². The molecule has 12 heavy (non-hydrogen) atoms. The molecule has 1 rings (SSSR count). The van der Waals surface area contributed by atoms with E-state index in [0.29, 0.717) is 0 Å². The van der Waals surface area contributed by atoms with Crippen LogP contribution in [0.25, 0.3) is 0 Å². The summed E-state index contributed by atoms with van der Waals surface area (Å²) in [4.78, 5) is 0.965. The summed E-state index contributed by atoms with van der Waals surface area (Å²) in [5.74, 6) is 0. The number of aryl methyl sites for hydroxylation is 2. The molecule has 1 aromatic rings. The molecule has 0 heterocycles. The lowest BCUT2D eigenvalue weighted by molar-refractivity contribution is 0.686. The molecule has 1 aromatic carbocycles. The van der Waals surface area contributed by atoms with E-state index in [2.05, 4.69) is 13.0 Å². The molecule has 0 fully saturated rings. The van der Waals surface area contributed by atoms with Crippen LogP contribution in [0.2, 0.25) is 0 Å². The second kappa shape index (κ2) is 3.40. The molecule has 0 bridgehead atoms. The molecule has 1 unspecified atom stereocenters. The van der Waals surface area contributed by atoms with Gasteiger partial charge in [-0.05, 0) is 43.5 Å². The predicted octanol–water partition coefficient (Wildman–Crippen LogP) is 2.35. The first-order valence-electron chi connectivity index (χ1n) is 3.93. The minimum Gasteiger partial charge on any atom is -0.255 e. The van der Waals surface area contributed by atoms with Crippen LogP contribution in [-0.4, -0.2) is 10.5 Å². The number of hydrogen-bond donors (Lipinski definition) is 0. The second-order valence-electron chi connectivity index (χ2n) is 3.16. The fourth-order valence-electron chi connectivity index (χ4n) is 1.30. The third kappa shape index (κ3) is 1.75. The van der Waals surface area contributed by atoms with Crippen LogP contribution in [0.4, 0.5) is 0 Å². The maximum Gasteiger partial charge on any atom is 0.0501 e. The van der Waals surface area contributed by atoms with Gasteiger partial charge in [0.15, 0.2) is 0 Å². The first-order chi connectivity index (χ1) is 5.52. The maximum absolute atomic E-state index is 11.3. The van der Waals surface area contributed by atoms with Gasteiger partial charge in [-0.1, -0.05) is 6.07 Å². The summed E-state index contributed by atoms with van der Waals surface area (Å²) >= 11 is 0. The Labute approximate surface area is 76.3 Å². The standard InChI is InChI=1S/C10H14OS/c1-7-5-8(2)9(3)10(6-7)12(4)11/h5-6H,1-4H3. The quantitative estimate of drug-likeness (QED) is 0.651. The van der Waals surface area contributed by atoms with Crippen molar-refractivity contribution in [3.63, 3.8) is 0 Å². The molecule has 0 aliphatic rings. The van der Waals surface area contributed by atoms with Crippen LogP contribution in [0.5, 0.6) is 0 Å². The van der Waals surface area contributed by atoms with Gasteiger partial charge >= 0.3 is 0 Å². The largest absolute Gasteiger partial charge is 0.255 e. The van der Waals surface area contributed by atoms with Crippen molar-refractivity contribution in [2.75, 3.05) is 6.26 Å². The Bertz CT molecular complexity index is 329. The average Bonchev–Trinajstić information content (AvgIpc) is 1.96. The van der Waals surface area contributed by atoms with Crippen molar-refractivity contribution in [1.29, 1.82) is 0 Å². The molecule has 0 saturated heterocycles. The lowest BCUT2D eigenvalue weighted by Gasteiger charge is -2.07. The van der Waals surface area contributed by atoms with E-state index >= 15 is 0 Å². The van der Waals surface area contributed by atoms with Crippen LogP contribution in [0.3, 0.4) is 0 Å². The van der Waals surface area contributed by atoms with E-state index < -0.39 is 10.8 Å². The Hall–Kier alpha value is -0.630. The fourth-order valence-corrected chi connectivity index (χ4v) is 2.24. The molecule has 66 valence electrons. The van der Waals surface area contributed by atoms with Crippen LogP contribution >= 0.6 is 0 Å². The minimum atomic E-state index is -0.861. The van der Waals surface area contributed by atoms with Crippen LogP contribution < -0.4 is 0 Å². The Kier molecular flexibility index (Phi) is 2.68. The Balaban J connectivity index is 3.37. The van der Waals surface area contributed by atoms with Gasteiger partial charge in [-0.15, -0.1) is 0 Å². The molecular formula is C10H14OS. The van der Waals surface area contributed by atoms with Gasteiger partial charge in [0.25, 0.3) is 0 Å². The number of benzene rings is 1. The second-order valence-corrected chi connectivity index (χ2v) is 4.51. The molecule has 0 aromatic heterocycles. The highest BCUT2D eigenvalue weighted by atomic mass is 32.2. The lowest BCUT2D eigenvalue weighted by Crippen LogP contribution is -1.95. The zero-order valence-electron chi connectivity index (χ0n) is 7.97. The molecule has 0 aliphatic heterocycles. The van der Waals surface area contributed by atoms with E-state index in [1.165, 1.54) is 11.1 Å². The third-order valence-electron chi connectivity index (χ3n) is 2.07. The monoisotopic (exact) mass is 182 g/mol. The summed E-state index contributed by atoms with van der Waals surface area (Å²) in [6.45, 7) is 6.10. The Morgan fingerprint density at radius 2 is 1.75 bits per heavy atom. The Morgan fingerprint density at radius 3 is 2.25 bits per heavy atom. The lowest BCUT2D eigenvalue weighted by atomic mass is 10.1. The Morgan fingerprint density at radius 1 is 1.17 bits per heavy atom. The van der Waals surface area contributed by atoms with E-state index in [1.807, 2.05) is 19.9 Å². The third-order valence-corrected chi connectivity index (χ3v) is 3.12. The van der Waals surface area contributed by atoms with Crippen LogP contribution in [0, 0.1) is 20.8 Å². The molecule has 2 heteroatoms. The zero-order chi connectivity index (χ0) is 9.30. The maximum atomic E-state index is 11.3. The first-order valence-corrected chi connectivity index (χ1v) is 5.49. The summed E-state index contributed by atoms with van der Waals surface area (Å²) in [5, 5.41) is 0. The molecule has 1 nitrogen and oxygen atoms in total. The molecule has 0 amide bonds. The van der Waals surface area contributed by atoms with Gasteiger partial charge in [0, 0.05) is 11.2 Å². The van der Waals surface area contributed by atoms with Crippen LogP contribution in [0.15, 0.2) is 17.0 Å². The van der Waals surface area contributed by atoms with Gasteiger partial charge < -0.3 is 0 Å². The number of rotatable bonds is 1. The van der Waals surface area contributed by atoms with Crippen LogP contribution in [-0.2, 0) is 10.8 Å². The highest BCUT2D eigenvalue weighted by Gasteiger charge is 2.04. The van der Waals surface area contributed by atoms with Gasteiger partial charge in [-0.2, -0.15) is 0 Å². The first kappa shape index (κ1) is 9.46. The molecule has 1 atom stereocenters. The van der Waals surface area contributed by atoms with Crippen molar-refractivity contribution in [1.82, 2.24) is 0 Å². The van der Waals surface area contributed by atoms with Crippen molar-refractivity contribution in [2.24, 2.45) is 0 Å². The molecule has 0 spiro atoms. The summed E-state index contributed by atoms with van der Waals surface area (Å²) in [6.07, 6.45) is 1.72. The van der Waals surface area contributed by atoms with Crippen molar-refractivity contribution in [2.45, 2.75) is 25.7 Å². The summed E-state index contributed by atoms with van der Waals surface area (Å²) < 4.78 is 11.3. The van der Waals surface area contributed by atoms with Crippen molar-refractivity contribution < 1.29 is 4.21 Å². The van der Waals surface area contributed by atoms with E-state index in [1.54, 1.807) is 6.26 Å².